The van der Waals surface area contributed by atoms with E-state index in [1.807, 2.05) is 34.6 Å². The first-order chi connectivity index (χ1) is 13.4. The maximum Gasteiger partial charge on any atom is 0.410 e. The Kier molecular flexibility index (Phi) is 11.9. The Morgan fingerprint density at radius 2 is 2.07 bits per heavy atom. The largest absolute Gasteiger partial charge is 0.444 e. The Morgan fingerprint density at radius 3 is 2.68 bits per heavy atom. The number of nitrogens with zero attached hydrogens (tertiary/aromatic N) is 2. The maximum atomic E-state index is 12.2. The summed E-state index contributed by atoms with van der Waals surface area (Å²) >= 11 is 0. The molecule has 0 aliphatic carbocycles. The van der Waals surface area contributed by atoms with Crippen molar-refractivity contribution in [2.75, 3.05) is 59.2 Å². The van der Waals surface area contributed by atoms with Gasteiger partial charge in [-0.2, -0.15) is 0 Å². The zero-order valence-corrected chi connectivity index (χ0v) is 18.4. The molecule has 8 heteroatoms. The summed E-state index contributed by atoms with van der Waals surface area (Å²) in [5.74, 6) is 1.31. The van der Waals surface area contributed by atoms with E-state index < -0.39 is 5.60 Å². The van der Waals surface area contributed by atoms with E-state index in [0.29, 0.717) is 38.7 Å². The first-order valence-electron chi connectivity index (χ1n) is 10.5. The van der Waals surface area contributed by atoms with Crippen molar-refractivity contribution in [1.82, 2.24) is 15.5 Å². The van der Waals surface area contributed by atoms with Gasteiger partial charge in [0, 0.05) is 51.9 Å². The van der Waals surface area contributed by atoms with Crippen LogP contribution in [-0.2, 0) is 14.2 Å². The highest BCUT2D eigenvalue weighted by molar-refractivity contribution is 5.79. The maximum absolute atomic E-state index is 12.2. The van der Waals surface area contributed by atoms with Crippen LogP contribution in [0.25, 0.3) is 0 Å². The van der Waals surface area contributed by atoms with E-state index in [4.69, 9.17) is 14.2 Å². The molecule has 0 saturated carbocycles. The number of carbonyl (C=O) groups excluding carboxylic acids is 1. The molecule has 1 atom stereocenters. The Labute approximate surface area is 170 Å². The van der Waals surface area contributed by atoms with Crippen molar-refractivity contribution in [3.8, 4) is 0 Å². The SMILES string of the molecule is CCNC(=NCCCOCC1CCOC1)NCCN(CC)C(=O)OC(C)(C)C. The fourth-order valence-corrected chi connectivity index (χ4v) is 2.68. The minimum Gasteiger partial charge on any atom is -0.444 e. The molecule has 1 fully saturated rings. The molecule has 1 amide bonds. The van der Waals surface area contributed by atoms with Crippen LogP contribution in [0.3, 0.4) is 0 Å². The van der Waals surface area contributed by atoms with Crippen LogP contribution in [0.2, 0.25) is 0 Å². The minimum atomic E-state index is -0.485. The molecule has 1 aliphatic heterocycles. The molecule has 1 rings (SSSR count). The van der Waals surface area contributed by atoms with Crippen LogP contribution in [0.4, 0.5) is 4.79 Å². The molecule has 1 aliphatic rings. The van der Waals surface area contributed by atoms with Gasteiger partial charge in [-0.1, -0.05) is 0 Å². The number of rotatable bonds is 11. The molecule has 28 heavy (non-hydrogen) atoms. The second kappa shape index (κ2) is 13.6. The number of likely N-dealkylation sites (N-methyl/N-ethyl adjacent to an activating group) is 1. The number of ether oxygens (including phenoxy) is 3. The molecule has 8 nitrogen and oxygen atoms in total. The van der Waals surface area contributed by atoms with Crippen molar-refractivity contribution < 1.29 is 19.0 Å². The molecule has 2 N–H and O–H groups in total. The summed E-state index contributed by atoms with van der Waals surface area (Å²) in [6.07, 6.45) is 1.69. The zero-order valence-electron chi connectivity index (χ0n) is 18.4. The van der Waals surface area contributed by atoms with Gasteiger partial charge in [0.15, 0.2) is 5.96 Å². The van der Waals surface area contributed by atoms with E-state index in [1.165, 1.54) is 0 Å². The fraction of sp³-hybridized carbons (Fsp3) is 0.900. The van der Waals surface area contributed by atoms with Gasteiger partial charge in [-0.05, 0) is 47.5 Å². The van der Waals surface area contributed by atoms with E-state index in [2.05, 4.69) is 15.6 Å². The molecule has 0 radical (unpaired) electrons. The Hall–Kier alpha value is -1.54. The van der Waals surface area contributed by atoms with Crippen molar-refractivity contribution >= 4 is 12.1 Å². The van der Waals surface area contributed by atoms with Crippen LogP contribution >= 0.6 is 0 Å². The molecule has 0 aromatic heterocycles. The predicted molar refractivity (Wildman–Crippen MR) is 112 cm³/mol. The monoisotopic (exact) mass is 400 g/mol. The highest BCUT2D eigenvalue weighted by atomic mass is 16.6. The summed E-state index contributed by atoms with van der Waals surface area (Å²) in [6, 6.07) is 0. The first-order valence-corrected chi connectivity index (χ1v) is 10.5. The topological polar surface area (TPSA) is 84.4 Å². The van der Waals surface area contributed by atoms with Gasteiger partial charge in [0.2, 0.25) is 0 Å². The number of aliphatic imine (C=N–C) groups is 1. The first kappa shape index (κ1) is 24.5. The second-order valence-electron chi connectivity index (χ2n) is 7.91. The third kappa shape index (κ3) is 11.3. The van der Waals surface area contributed by atoms with E-state index in [0.717, 1.165) is 45.2 Å². The summed E-state index contributed by atoms with van der Waals surface area (Å²) in [4.78, 5) is 18.4. The Balaban J connectivity index is 2.25. The van der Waals surface area contributed by atoms with Gasteiger partial charge in [-0.25, -0.2) is 4.79 Å². The third-order valence-corrected chi connectivity index (χ3v) is 4.15. The summed E-state index contributed by atoms with van der Waals surface area (Å²) < 4.78 is 16.5. The lowest BCUT2D eigenvalue weighted by Gasteiger charge is -2.26. The fourth-order valence-electron chi connectivity index (χ4n) is 2.68. The van der Waals surface area contributed by atoms with E-state index in [-0.39, 0.29) is 6.09 Å². The standard InChI is InChI=1S/C20H40N4O4/c1-6-21-18(22-10-8-13-26-15-17-9-14-27-16-17)23-11-12-24(7-2)19(25)28-20(3,4)5/h17H,6-16H2,1-5H3,(H2,21,22,23). The average Bonchev–Trinajstić information content (AvgIpc) is 3.13. The Morgan fingerprint density at radius 1 is 1.29 bits per heavy atom. The predicted octanol–water partition coefficient (Wildman–Crippen LogP) is 2.24. The van der Waals surface area contributed by atoms with Gasteiger partial charge in [0.05, 0.1) is 13.2 Å². The normalized spacial score (nSPS) is 17.5. The third-order valence-electron chi connectivity index (χ3n) is 4.15. The molecule has 0 aromatic rings. The van der Waals surface area contributed by atoms with Crippen molar-refractivity contribution in [2.45, 2.75) is 53.1 Å². The van der Waals surface area contributed by atoms with Crippen molar-refractivity contribution in [3.63, 3.8) is 0 Å². The van der Waals surface area contributed by atoms with Gasteiger partial charge < -0.3 is 29.7 Å². The number of amides is 1. The number of carbonyl (C=O) groups is 1. The smallest absolute Gasteiger partial charge is 0.410 e. The van der Waals surface area contributed by atoms with Crippen LogP contribution in [0.15, 0.2) is 4.99 Å². The van der Waals surface area contributed by atoms with Crippen molar-refractivity contribution in [1.29, 1.82) is 0 Å². The molecular formula is C20H40N4O4. The van der Waals surface area contributed by atoms with E-state index in [9.17, 15) is 4.79 Å². The van der Waals surface area contributed by atoms with Crippen LogP contribution < -0.4 is 10.6 Å². The van der Waals surface area contributed by atoms with Gasteiger partial charge in [0.25, 0.3) is 0 Å². The van der Waals surface area contributed by atoms with Crippen molar-refractivity contribution in [2.24, 2.45) is 10.9 Å². The molecule has 164 valence electrons. The van der Waals surface area contributed by atoms with Crippen LogP contribution in [-0.4, -0.2) is 81.7 Å². The number of hydrogen-bond acceptors (Lipinski definition) is 5. The zero-order chi connectivity index (χ0) is 20.8. The highest BCUT2D eigenvalue weighted by Gasteiger charge is 2.20. The molecule has 1 unspecified atom stereocenters. The minimum absolute atomic E-state index is 0.288. The highest BCUT2D eigenvalue weighted by Crippen LogP contribution is 2.12. The summed E-state index contributed by atoms with van der Waals surface area (Å²) in [5, 5.41) is 6.50. The van der Waals surface area contributed by atoms with Gasteiger partial charge in [-0.3, -0.25) is 4.99 Å². The summed E-state index contributed by atoms with van der Waals surface area (Å²) in [5.41, 5.74) is -0.485. The summed E-state index contributed by atoms with van der Waals surface area (Å²) in [6.45, 7) is 16.0. The number of nitrogens with one attached hydrogen (secondary N) is 2. The Bertz CT molecular complexity index is 460. The number of hydrogen-bond donors (Lipinski definition) is 2. The molecule has 0 aromatic carbocycles. The summed E-state index contributed by atoms with van der Waals surface area (Å²) in [7, 11) is 0. The van der Waals surface area contributed by atoms with Crippen molar-refractivity contribution in [3.05, 3.63) is 0 Å². The van der Waals surface area contributed by atoms with Gasteiger partial charge >= 0.3 is 6.09 Å². The van der Waals surface area contributed by atoms with Crippen LogP contribution in [0.1, 0.15) is 47.5 Å². The lowest BCUT2D eigenvalue weighted by Crippen LogP contribution is -2.44. The van der Waals surface area contributed by atoms with Crippen LogP contribution in [0.5, 0.6) is 0 Å². The van der Waals surface area contributed by atoms with E-state index in [1.54, 1.807) is 4.90 Å². The molecular weight excluding hydrogens is 360 g/mol. The average molecular weight is 401 g/mol. The molecule has 1 heterocycles. The van der Waals surface area contributed by atoms with Crippen LogP contribution in [0, 0.1) is 5.92 Å². The lowest BCUT2D eigenvalue weighted by atomic mass is 10.1. The van der Waals surface area contributed by atoms with E-state index >= 15 is 0 Å². The second-order valence-corrected chi connectivity index (χ2v) is 7.91. The molecule has 0 spiro atoms. The lowest BCUT2D eigenvalue weighted by molar-refractivity contribution is 0.0264. The number of guanidine groups is 1. The molecule has 0 bridgehead atoms. The van der Waals surface area contributed by atoms with Gasteiger partial charge in [-0.15, -0.1) is 0 Å². The van der Waals surface area contributed by atoms with Gasteiger partial charge in [0.1, 0.15) is 5.60 Å². The molecule has 1 saturated heterocycles. The quantitative estimate of drug-likeness (QED) is 0.314.